The number of hydrogen-bond donors (Lipinski definition) is 1. The molecular weight excluding hydrogens is 310 g/mol. The van der Waals surface area contributed by atoms with Gasteiger partial charge < -0.3 is 9.84 Å². The lowest BCUT2D eigenvalue weighted by Crippen LogP contribution is -2.46. The first-order valence-electron chi connectivity index (χ1n) is 8.96. The lowest BCUT2D eigenvalue weighted by molar-refractivity contribution is -0.114. The molecule has 0 fully saturated rings. The molecular formula is C20H30F2O2. The molecule has 4 heteroatoms. The summed E-state index contributed by atoms with van der Waals surface area (Å²) in [5.74, 6) is -1.73. The zero-order chi connectivity index (χ0) is 18.1. The van der Waals surface area contributed by atoms with Gasteiger partial charge in [0.15, 0.2) is 11.6 Å². The van der Waals surface area contributed by atoms with Gasteiger partial charge in [-0.25, -0.2) is 8.78 Å². The molecule has 1 N–H and O–H groups in total. The molecule has 1 aromatic rings. The predicted octanol–water partition coefficient (Wildman–Crippen LogP) is 5.10. The first-order valence-corrected chi connectivity index (χ1v) is 8.96. The molecule has 0 saturated heterocycles. The van der Waals surface area contributed by atoms with Crippen molar-refractivity contribution in [3.05, 3.63) is 34.4 Å². The van der Waals surface area contributed by atoms with Gasteiger partial charge >= 0.3 is 0 Å². The Bertz CT molecular complexity index is 592. The Morgan fingerprint density at radius 2 is 1.79 bits per heavy atom. The highest BCUT2D eigenvalue weighted by molar-refractivity contribution is 5.48. The van der Waals surface area contributed by atoms with Crippen molar-refractivity contribution in [2.45, 2.75) is 72.0 Å². The number of ether oxygens (including phenoxy) is 1. The molecule has 1 atom stereocenters. The third-order valence-corrected chi connectivity index (χ3v) is 5.60. The molecule has 0 saturated carbocycles. The molecule has 1 unspecified atom stereocenters. The van der Waals surface area contributed by atoms with Crippen LogP contribution in [0.5, 0.6) is 0 Å². The molecule has 0 radical (unpaired) electrons. The van der Waals surface area contributed by atoms with E-state index >= 15 is 0 Å². The van der Waals surface area contributed by atoms with Gasteiger partial charge in [0.25, 0.3) is 0 Å². The quantitative estimate of drug-likeness (QED) is 0.748. The van der Waals surface area contributed by atoms with Crippen molar-refractivity contribution in [2.24, 2.45) is 11.3 Å². The fourth-order valence-electron chi connectivity index (χ4n) is 4.60. The average molecular weight is 340 g/mol. The van der Waals surface area contributed by atoms with Crippen LogP contribution >= 0.6 is 0 Å². The van der Waals surface area contributed by atoms with Gasteiger partial charge in [0.2, 0.25) is 0 Å². The molecule has 0 spiro atoms. The van der Waals surface area contributed by atoms with Crippen molar-refractivity contribution in [1.82, 2.24) is 0 Å². The summed E-state index contributed by atoms with van der Waals surface area (Å²) < 4.78 is 33.7. The second-order valence-corrected chi connectivity index (χ2v) is 7.72. The molecule has 0 amide bonds. The summed E-state index contributed by atoms with van der Waals surface area (Å²) >= 11 is 0. The Labute approximate surface area is 144 Å². The van der Waals surface area contributed by atoms with Gasteiger partial charge in [-0.1, -0.05) is 40.5 Å². The highest BCUT2D eigenvalue weighted by atomic mass is 19.2. The summed E-state index contributed by atoms with van der Waals surface area (Å²) in [5.41, 5.74) is -0.187. The van der Waals surface area contributed by atoms with Crippen molar-refractivity contribution in [1.29, 1.82) is 0 Å². The van der Waals surface area contributed by atoms with Crippen molar-refractivity contribution < 1.29 is 18.6 Å². The topological polar surface area (TPSA) is 29.5 Å². The van der Waals surface area contributed by atoms with Crippen LogP contribution in [0.15, 0.2) is 6.07 Å². The third-order valence-electron chi connectivity index (χ3n) is 5.60. The van der Waals surface area contributed by atoms with Crippen LogP contribution in [0.2, 0.25) is 0 Å². The minimum absolute atomic E-state index is 0.0178. The average Bonchev–Trinajstić information content (AvgIpc) is 2.71. The summed E-state index contributed by atoms with van der Waals surface area (Å²) in [5, 5.41) is 11.9. The predicted molar refractivity (Wildman–Crippen MR) is 91.8 cm³/mol. The number of hydrogen-bond acceptors (Lipinski definition) is 2. The van der Waals surface area contributed by atoms with Crippen LogP contribution in [0, 0.1) is 23.0 Å². The fraction of sp³-hybridized carbons (Fsp3) is 0.700. The smallest absolute Gasteiger partial charge is 0.164 e. The zero-order valence-electron chi connectivity index (χ0n) is 15.5. The van der Waals surface area contributed by atoms with E-state index in [4.69, 9.17) is 4.74 Å². The maximum Gasteiger partial charge on any atom is 0.164 e. The van der Waals surface area contributed by atoms with E-state index in [1.54, 1.807) is 0 Å². The molecule has 0 bridgehead atoms. The molecule has 2 nitrogen and oxygen atoms in total. The number of aliphatic hydroxyl groups is 1. The van der Waals surface area contributed by atoms with Crippen LogP contribution < -0.4 is 0 Å². The van der Waals surface area contributed by atoms with E-state index in [9.17, 15) is 13.9 Å². The van der Waals surface area contributed by atoms with Gasteiger partial charge in [0.1, 0.15) is 0 Å². The Hall–Kier alpha value is -1.00. The number of fused-ring (bicyclic) bond motifs is 1. The summed E-state index contributed by atoms with van der Waals surface area (Å²) in [4.78, 5) is 0. The van der Waals surface area contributed by atoms with Crippen LogP contribution in [-0.4, -0.2) is 12.2 Å². The monoisotopic (exact) mass is 340 g/mol. The van der Waals surface area contributed by atoms with Crippen LogP contribution in [0.4, 0.5) is 8.78 Å². The van der Waals surface area contributed by atoms with Gasteiger partial charge in [0, 0.05) is 18.1 Å². The van der Waals surface area contributed by atoms with E-state index < -0.39 is 22.7 Å². The molecule has 1 aliphatic rings. The lowest BCUT2D eigenvalue weighted by Gasteiger charge is -2.44. The van der Waals surface area contributed by atoms with Crippen molar-refractivity contribution >= 4 is 0 Å². The van der Waals surface area contributed by atoms with Gasteiger partial charge in [-0.3, -0.25) is 0 Å². The van der Waals surface area contributed by atoms with E-state index in [0.29, 0.717) is 17.5 Å². The van der Waals surface area contributed by atoms with E-state index in [0.717, 1.165) is 25.7 Å². The Balaban J connectivity index is 2.72. The Kier molecular flexibility index (Phi) is 5.71. The number of benzene rings is 1. The number of rotatable bonds is 7. The van der Waals surface area contributed by atoms with E-state index in [1.807, 2.05) is 13.8 Å². The minimum Gasteiger partial charge on any atom is -0.384 e. The van der Waals surface area contributed by atoms with Gasteiger partial charge in [-0.15, -0.1) is 0 Å². The van der Waals surface area contributed by atoms with E-state index in [-0.39, 0.29) is 18.1 Å². The van der Waals surface area contributed by atoms with Crippen LogP contribution in [0.1, 0.15) is 70.1 Å². The van der Waals surface area contributed by atoms with Crippen LogP contribution in [0.25, 0.3) is 0 Å². The van der Waals surface area contributed by atoms with E-state index in [1.165, 1.54) is 13.2 Å². The first kappa shape index (κ1) is 19.3. The molecule has 136 valence electrons. The van der Waals surface area contributed by atoms with Crippen LogP contribution in [0.3, 0.4) is 0 Å². The standard InChI is InChI=1S/C20H30F2O2/c1-6-8-14(9-7-2)20(23)17-13(11-19(20,3)4)10-16(21)18(22)15(17)12-24-5/h10,14,23H,6-9,11-12H2,1-5H3. The number of halogens is 2. The summed E-state index contributed by atoms with van der Waals surface area (Å²) in [7, 11) is 1.46. The molecule has 0 heterocycles. The SMILES string of the molecule is CCCC(CCC)C1(O)c2c(cc(F)c(F)c2COC)CC1(C)C. The summed E-state index contributed by atoms with van der Waals surface area (Å²) in [6, 6.07) is 1.26. The zero-order valence-corrected chi connectivity index (χ0v) is 15.5. The third kappa shape index (κ3) is 2.88. The normalized spacial score (nSPS) is 22.2. The molecule has 2 rings (SSSR count). The van der Waals surface area contributed by atoms with E-state index in [2.05, 4.69) is 13.8 Å². The largest absolute Gasteiger partial charge is 0.384 e. The van der Waals surface area contributed by atoms with Gasteiger partial charge in [-0.05, 0) is 42.4 Å². The van der Waals surface area contributed by atoms with Crippen LogP contribution in [-0.2, 0) is 23.4 Å². The van der Waals surface area contributed by atoms with Crippen molar-refractivity contribution in [3.63, 3.8) is 0 Å². The molecule has 24 heavy (non-hydrogen) atoms. The Morgan fingerprint density at radius 1 is 1.21 bits per heavy atom. The number of methoxy groups -OCH3 is 1. The maximum absolute atomic E-state index is 14.5. The maximum atomic E-state index is 14.5. The molecule has 0 aromatic heterocycles. The minimum atomic E-state index is -1.17. The van der Waals surface area contributed by atoms with Crippen molar-refractivity contribution in [3.8, 4) is 0 Å². The van der Waals surface area contributed by atoms with Crippen molar-refractivity contribution in [2.75, 3.05) is 7.11 Å². The second kappa shape index (κ2) is 7.09. The molecule has 1 aliphatic carbocycles. The summed E-state index contributed by atoms with van der Waals surface area (Å²) in [6.07, 6.45) is 4.15. The summed E-state index contributed by atoms with van der Waals surface area (Å²) in [6.45, 7) is 8.15. The highest BCUT2D eigenvalue weighted by Crippen LogP contribution is 2.57. The molecule has 1 aromatic carbocycles. The molecule has 0 aliphatic heterocycles. The highest BCUT2D eigenvalue weighted by Gasteiger charge is 2.56. The van der Waals surface area contributed by atoms with Gasteiger partial charge in [-0.2, -0.15) is 0 Å². The first-order chi connectivity index (χ1) is 11.2. The second-order valence-electron chi connectivity index (χ2n) is 7.72. The Morgan fingerprint density at radius 3 is 2.29 bits per heavy atom. The lowest BCUT2D eigenvalue weighted by atomic mass is 9.65. The fourth-order valence-corrected chi connectivity index (χ4v) is 4.60. The van der Waals surface area contributed by atoms with Gasteiger partial charge in [0.05, 0.1) is 12.2 Å².